The van der Waals surface area contributed by atoms with Gasteiger partial charge >= 0.3 is 0 Å². The van der Waals surface area contributed by atoms with Crippen LogP contribution in [0.15, 0.2) is 22.7 Å². The minimum absolute atomic E-state index is 0.189. The normalized spacial score (nSPS) is 10.9. The van der Waals surface area contributed by atoms with Crippen molar-refractivity contribution in [1.29, 1.82) is 0 Å². The summed E-state index contributed by atoms with van der Waals surface area (Å²) in [7, 11) is 1.72. The van der Waals surface area contributed by atoms with Crippen molar-refractivity contribution in [3.63, 3.8) is 0 Å². The zero-order valence-electron chi connectivity index (χ0n) is 11.6. The molecular weight excluding hydrogens is 309 g/mol. The second-order valence-corrected chi connectivity index (χ2v) is 5.51. The van der Waals surface area contributed by atoms with Crippen LogP contribution in [0.3, 0.4) is 0 Å². The van der Waals surface area contributed by atoms with Gasteiger partial charge in [0.2, 0.25) is 0 Å². The van der Waals surface area contributed by atoms with Gasteiger partial charge in [-0.1, -0.05) is 18.9 Å². The zero-order chi connectivity index (χ0) is 13.9. The van der Waals surface area contributed by atoms with Crippen LogP contribution in [-0.4, -0.2) is 26.8 Å². The molecule has 4 heteroatoms. The first-order valence-corrected chi connectivity index (χ1v) is 7.67. The predicted molar refractivity (Wildman–Crippen MR) is 81.0 cm³/mol. The minimum atomic E-state index is -0.189. The Kier molecular flexibility index (Phi) is 9.05. The van der Waals surface area contributed by atoms with Gasteiger partial charge in [0.05, 0.1) is 11.1 Å². The first kappa shape index (κ1) is 16.6. The Morgan fingerprint density at radius 3 is 2.68 bits per heavy atom. The Morgan fingerprint density at radius 2 is 1.95 bits per heavy atom. The minimum Gasteiger partial charge on any atom is -0.383 e. The molecule has 0 aliphatic heterocycles. The van der Waals surface area contributed by atoms with Crippen molar-refractivity contribution in [2.24, 2.45) is 0 Å². The van der Waals surface area contributed by atoms with E-state index < -0.39 is 0 Å². The van der Waals surface area contributed by atoms with Crippen LogP contribution in [-0.2, 0) is 11.2 Å². The number of benzene rings is 1. The fraction of sp³-hybridized carbons (Fsp3) is 0.600. The molecule has 0 unspecified atom stereocenters. The van der Waals surface area contributed by atoms with Crippen molar-refractivity contribution in [2.75, 3.05) is 26.8 Å². The first-order valence-electron chi connectivity index (χ1n) is 6.87. The van der Waals surface area contributed by atoms with Crippen LogP contribution in [0, 0.1) is 5.82 Å². The van der Waals surface area contributed by atoms with E-state index >= 15 is 0 Å². The molecule has 0 aliphatic carbocycles. The van der Waals surface area contributed by atoms with E-state index in [0.29, 0.717) is 4.47 Å². The molecule has 0 bridgehead atoms. The molecule has 108 valence electrons. The van der Waals surface area contributed by atoms with Gasteiger partial charge in [0.1, 0.15) is 5.82 Å². The molecule has 0 saturated heterocycles. The third-order valence-electron chi connectivity index (χ3n) is 3.04. The van der Waals surface area contributed by atoms with Crippen LogP contribution in [0.5, 0.6) is 0 Å². The van der Waals surface area contributed by atoms with Crippen LogP contribution >= 0.6 is 15.9 Å². The first-order chi connectivity index (χ1) is 9.24. The highest BCUT2D eigenvalue weighted by Crippen LogP contribution is 2.18. The van der Waals surface area contributed by atoms with Gasteiger partial charge in [0.15, 0.2) is 0 Å². The summed E-state index contributed by atoms with van der Waals surface area (Å²) in [6.45, 7) is 2.77. The molecule has 0 amide bonds. The van der Waals surface area contributed by atoms with Crippen molar-refractivity contribution >= 4 is 15.9 Å². The Bertz CT molecular complexity index is 360. The summed E-state index contributed by atoms with van der Waals surface area (Å²) in [6, 6.07) is 5.27. The van der Waals surface area contributed by atoms with Crippen LogP contribution in [0.1, 0.15) is 31.2 Å². The fourth-order valence-electron chi connectivity index (χ4n) is 1.93. The summed E-state index contributed by atoms with van der Waals surface area (Å²) in [5.41, 5.74) is 1.20. The van der Waals surface area contributed by atoms with Crippen LogP contribution in [0.2, 0.25) is 0 Å². The van der Waals surface area contributed by atoms with Gasteiger partial charge in [-0.15, -0.1) is 0 Å². The van der Waals surface area contributed by atoms with E-state index in [0.717, 1.165) is 32.5 Å². The number of hydrogen-bond donors (Lipinski definition) is 1. The van der Waals surface area contributed by atoms with Crippen molar-refractivity contribution in [2.45, 2.75) is 32.1 Å². The van der Waals surface area contributed by atoms with E-state index in [9.17, 15) is 4.39 Å². The molecule has 2 nitrogen and oxygen atoms in total. The molecule has 0 heterocycles. The average molecular weight is 332 g/mol. The number of halogens is 2. The number of unbranched alkanes of at least 4 members (excludes halogenated alkanes) is 3. The molecule has 1 aromatic rings. The summed E-state index contributed by atoms with van der Waals surface area (Å²) in [6.07, 6.45) is 5.85. The molecule has 0 fully saturated rings. The van der Waals surface area contributed by atoms with Gasteiger partial charge < -0.3 is 10.1 Å². The Morgan fingerprint density at radius 1 is 1.16 bits per heavy atom. The average Bonchev–Trinajstić information content (AvgIpc) is 2.41. The molecule has 19 heavy (non-hydrogen) atoms. The number of rotatable bonds is 10. The molecule has 1 aromatic carbocycles. The number of ether oxygens (including phenoxy) is 1. The van der Waals surface area contributed by atoms with Gasteiger partial charge in [0.25, 0.3) is 0 Å². The summed E-state index contributed by atoms with van der Waals surface area (Å²) in [4.78, 5) is 0. The van der Waals surface area contributed by atoms with E-state index in [1.165, 1.54) is 30.9 Å². The fourth-order valence-corrected chi connectivity index (χ4v) is 2.35. The maximum atomic E-state index is 13.1. The smallest absolute Gasteiger partial charge is 0.137 e. The second kappa shape index (κ2) is 10.4. The standard InChI is InChI=1S/C15H23BrFNO/c1-19-11-10-18-9-5-3-2-4-6-13-7-8-15(17)14(16)12-13/h7-8,12,18H,2-6,9-11H2,1H3. The molecule has 0 atom stereocenters. The topological polar surface area (TPSA) is 21.3 Å². The predicted octanol–water partition coefficient (Wildman–Crippen LogP) is 3.93. The summed E-state index contributed by atoms with van der Waals surface area (Å²) in [5, 5.41) is 3.34. The van der Waals surface area contributed by atoms with Crippen molar-refractivity contribution < 1.29 is 9.13 Å². The highest BCUT2D eigenvalue weighted by molar-refractivity contribution is 9.10. The number of aryl methyl sites for hydroxylation is 1. The van der Waals surface area contributed by atoms with Crippen molar-refractivity contribution in [3.05, 3.63) is 34.1 Å². The van der Waals surface area contributed by atoms with Crippen molar-refractivity contribution in [1.82, 2.24) is 5.32 Å². The number of nitrogens with one attached hydrogen (secondary N) is 1. The highest BCUT2D eigenvalue weighted by atomic mass is 79.9. The van der Waals surface area contributed by atoms with E-state index in [1.807, 2.05) is 12.1 Å². The van der Waals surface area contributed by atoms with Gasteiger partial charge in [0, 0.05) is 13.7 Å². The molecule has 0 radical (unpaired) electrons. The molecular formula is C15H23BrFNO. The van der Waals surface area contributed by atoms with E-state index in [-0.39, 0.29) is 5.82 Å². The van der Waals surface area contributed by atoms with Gasteiger partial charge in [-0.3, -0.25) is 0 Å². The lowest BCUT2D eigenvalue weighted by Crippen LogP contribution is -2.20. The maximum Gasteiger partial charge on any atom is 0.137 e. The largest absolute Gasteiger partial charge is 0.383 e. The third-order valence-corrected chi connectivity index (χ3v) is 3.64. The Balaban J connectivity index is 2.00. The molecule has 0 spiro atoms. The van der Waals surface area contributed by atoms with Gasteiger partial charge in [-0.25, -0.2) is 4.39 Å². The Hall–Kier alpha value is -0.450. The van der Waals surface area contributed by atoms with Gasteiger partial charge in [-0.2, -0.15) is 0 Å². The molecule has 0 aliphatic rings. The van der Waals surface area contributed by atoms with E-state index in [1.54, 1.807) is 7.11 Å². The van der Waals surface area contributed by atoms with Crippen LogP contribution in [0.4, 0.5) is 4.39 Å². The molecule has 1 N–H and O–H groups in total. The summed E-state index contributed by atoms with van der Waals surface area (Å²) in [5.74, 6) is -0.189. The zero-order valence-corrected chi connectivity index (χ0v) is 13.1. The molecule has 0 aromatic heterocycles. The van der Waals surface area contributed by atoms with E-state index in [4.69, 9.17) is 4.74 Å². The monoisotopic (exact) mass is 331 g/mol. The lowest BCUT2D eigenvalue weighted by Gasteiger charge is -2.05. The lowest BCUT2D eigenvalue weighted by molar-refractivity contribution is 0.199. The van der Waals surface area contributed by atoms with Crippen molar-refractivity contribution in [3.8, 4) is 0 Å². The number of hydrogen-bond acceptors (Lipinski definition) is 2. The van der Waals surface area contributed by atoms with E-state index in [2.05, 4.69) is 21.2 Å². The van der Waals surface area contributed by atoms with Gasteiger partial charge in [-0.05, 0) is 59.4 Å². The molecule has 1 rings (SSSR count). The third kappa shape index (κ3) is 7.65. The number of methoxy groups -OCH3 is 1. The van der Waals surface area contributed by atoms with Crippen LogP contribution in [0.25, 0.3) is 0 Å². The quantitative estimate of drug-likeness (QED) is 0.656. The summed E-state index contributed by atoms with van der Waals surface area (Å²) >= 11 is 3.22. The maximum absolute atomic E-state index is 13.1. The van der Waals surface area contributed by atoms with Crippen LogP contribution < -0.4 is 5.32 Å². The Labute approximate surface area is 123 Å². The molecule has 0 saturated carbocycles. The second-order valence-electron chi connectivity index (χ2n) is 4.66. The highest BCUT2D eigenvalue weighted by Gasteiger charge is 2.00. The SMILES string of the molecule is COCCNCCCCCCc1ccc(F)c(Br)c1. The summed E-state index contributed by atoms with van der Waals surface area (Å²) < 4.78 is 18.6. The lowest BCUT2D eigenvalue weighted by atomic mass is 10.1.